The van der Waals surface area contributed by atoms with E-state index in [1.807, 2.05) is 24.3 Å². The van der Waals surface area contributed by atoms with Crippen molar-refractivity contribution in [3.63, 3.8) is 0 Å². The number of rotatable bonds is 5. The molecule has 0 saturated carbocycles. The van der Waals surface area contributed by atoms with Crippen molar-refractivity contribution in [3.8, 4) is 0 Å². The Morgan fingerprint density at radius 3 is 2.69 bits per heavy atom. The molecule has 0 heterocycles. The van der Waals surface area contributed by atoms with E-state index in [-0.39, 0.29) is 0 Å². The minimum atomic E-state index is 0.706. The topological polar surface area (TPSA) is 9.23 Å². The van der Waals surface area contributed by atoms with Crippen molar-refractivity contribution in [1.82, 2.24) is 0 Å². The molecule has 1 nitrogen and oxygen atoms in total. The van der Waals surface area contributed by atoms with Gasteiger partial charge in [0.05, 0.1) is 13.2 Å². The third-order valence-electron chi connectivity index (χ3n) is 1.55. The van der Waals surface area contributed by atoms with E-state index < -0.39 is 0 Å². The predicted molar refractivity (Wildman–Crippen MR) is 65.2 cm³/mol. The maximum absolute atomic E-state index is 5.31. The standard InChI is InChI=1S/C11H13IO/c12-8-10-13-9-4-7-11-5-2-1-3-6-11/h1-7H,8-10H2/b7-4+. The molecule has 0 saturated heterocycles. The summed E-state index contributed by atoms with van der Waals surface area (Å²) < 4.78 is 6.36. The molecular weight excluding hydrogens is 275 g/mol. The highest BCUT2D eigenvalue weighted by molar-refractivity contribution is 14.1. The Kier molecular flexibility index (Phi) is 5.85. The molecule has 0 aliphatic carbocycles. The predicted octanol–water partition coefficient (Wildman–Crippen LogP) is 3.15. The molecule has 13 heavy (non-hydrogen) atoms. The second-order valence-corrected chi connectivity index (χ2v) is 3.66. The van der Waals surface area contributed by atoms with Crippen molar-refractivity contribution in [1.29, 1.82) is 0 Å². The molecule has 0 spiro atoms. The Hall–Kier alpha value is -0.350. The van der Waals surface area contributed by atoms with Gasteiger partial charge in [0, 0.05) is 4.43 Å². The largest absolute Gasteiger partial charge is 0.377 e. The van der Waals surface area contributed by atoms with Crippen molar-refractivity contribution >= 4 is 28.7 Å². The maximum Gasteiger partial charge on any atom is 0.0651 e. The number of hydrogen-bond donors (Lipinski definition) is 0. The summed E-state index contributed by atoms with van der Waals surface area (Å²) in [4.78, 5) is 0. The number of ether oxygens (including phenoxy) is 1. The van der Waals surface area contributed by atoms with Crippen molar-refractivity contribution in [3.05, 3.63) is 42.0 Å². The van der Waals surface area contributed by atoms with Gasteiger partial charge in [-0.25, -0.2) is 0 Å². The Balaban J connectivity index is 2.25. The first kappa shape index (κ1) is 10.7. The molecule has 0 amide bonds. The van der Waals surface area contributed by atoms with E-state index in [0.717, 1.165) is 11.0 Å². The van der Waals surface area contributed by atoms with Gasteiger partial charge in [-0.15, -0.1) is 0 Å². The molecule has 1 rings (SSSR count). The fourth-order valence-corrected chi connectivity index (χ4v) is 1.27. The first-order chi connectivity index (χ1) is 6.43. The molecule has 0 aliphatic rings. The van der Waals surface area contributed by atoms with Crippen molar-refractivity contribution < 1.29 is 4.74 Å². The van der Waals surface area contributed by atoms with E-state index in [9.17, 15) is 0 Å². The lowest BCUT2D eigenvalue weighted by molar-refractivity contribution is 0.182. The average molecular weight is 288 g/mol. The van der Waals surface area contributed by atoms with Crippen LogP contribution in [0, 0.1) is 0 Å². The second-order valence-electron chi connectivity index (χ2n) is 2.58. The van der Waals surface area contributed by atoms with Crippen LogP contribution in [0.2, 0.25) is 0 Å². The van der Waals surface area contributed by atoms with Crippen LogP contribution in [0.15, 0.2) is 36.4 Å². The van der Waals surface area contributed by atoms with E-state index in [1.165, 1.54) is 5.56 Å². The van der Waals surface area contributed by atoms with Crippen LogP contribution in [0.3, 0.4) is 0 Å². The van der Waals surface area contributed by atoms with Gasteiger partial charge in [0.25, 0.3) is 0 Å². The van der Waals surface area contributed by atoms with Gasteiger partial charge in [-0.1, -0.05) is 65.1 Å². The fourth-order valence-electron chi connectivity index (χ4n) is 0.954. The van der Waals surface area contributed by atoms with Crippen LogP contribution in [0.5, 0.6) is 0 Å². The van der Waals surface area contributed by atoms with E-state index in [0.29, 0.717) is 6.61 Å². The Bertz CT molecular complexity index is 244. The average Bonchev–Trinajstić information content (AvgIpc) is 2.19. The Labute approximate surface area is 92.9 Å². The Morgan fingerprint density at radius 1 is 1.23 bits per heavy atom. The first-order valence-electron chi connectivity index (χ1n) is 4.29. The molecule has 0 N–H and O–H groups in total. The van der Waals surface area contributed by atoms with Crippen molar-refractivity contribution in [2.45, 2.75) is 0 Å². The maximum atomic E-state index is 5.31. The number of halogens is 1. The van der Waals surface area contributed by atoms with Crippen LogP contribution in [-0.4, -0.2) is 17.6 Å². The van der Waals surface area contributed by atoms with Crippen LogP contribution in [0.25, 0.3) is 6.08 Å². The zero-order chi connectivity index (χ0) is 9.36. The zero-order valence-electron chi connectivity index (χ0n) is 7.45. The van der Waals surface area contributed by atoms with Gasteiger partial charge < -0.3 is 4.74 Å². The molecule has 1 aromatic carbocycles. The van der Waals surface area contributed by atoms with Gasteiger partial charge in [-0.2, -0.15) is 0 Å². The smallest absolute Gasteiger partial charge is 0.0651 e. The first-order valence-corrected chi connectivity index (χ1v) is 5.81. The minimum absolute atomic E-state index is 0.706. The summed E-state index contributed by atoms with van der Waals surface area (Å²) in [6.07, 6.45) is 4.12. The zero-order valence-corrected chi connectivity index (χ0v) is 9.61. The summed E-state index contributed by atoms with van der Waals surface area (Å²) in [6, 6.07) is 10.2. The lowest BCUT2D eigenvalue weighted by atomic mass is 10.2. The molecule has 0 bridgehead atoms. The minimum Gasteiger partial charge on any atom is -0.377 e. The van der Waals surface area contributed by atoms with Crippen LogP contribution in [0.1, 0.15) is 5.56 Å². The molecular formula is C11H13IO. The van der Waals surface area contributed by atoms with Crippen LogP contribution >= 0.6 is 22.6 Å². The summed E-state index contributed by atoms with van der Waals surface area (Å²) in [6.45, 7) is 1.54. The molecule has 2 heteroatoms. The summed E-state index contributed by atoms with van der Waals surface area (Å²) in [7, 11) is 0. The molecule has 0 radical (unpaired) electrons. The normalized spacial score (nSPS) is 10.8. The van der Waals surface area contributed by atoms with Gasteiger partial charge >= 0.3 is 0 Å². The summed E-state index contributed by atoms with van der Waals surface area (Å²) in [5.41, 5.74) is 1.22. The van der Waals surface area contributed by atoms with Crippen LogP contribution < -0.4 is 0 Å². The molecule has 1 aromatic rings. The lowest BCUT2D eigenvalue weighted by Gasteiger charge is -1.95. The SMILES string of the molecule is ICCOC/C=C/c1ccccc1. The molecule has 0 unspecified atom stereocenters. The fraction of sp³-hybridized carbons (Fsp3) is 0.273. The van der Waals surface area contributed by atoms with Crippen molar-refractivity contribution in [2.75, 3.05) is 17.6 Å². The third kappa shape index (κ3) is 5.05. The highest BCUT2D eigenvalue weighted by Crippen LogP contribution is 2.00. The Morgan fingerprint density at radius 2 is 2.00 bits per heavy atom. The second kappa shape index (κ2) is 7.09. The van der Waals surface area contributed by atoms with Gasteiger partial charge in [0.15, 0.2) is 0 Å². The molecule has 0 aliphatic heterocycles. The van der Waals surface area contributed by atoms with E-state index >= 15 is 0 Å². The molecule has 70 valence electrons. The van der Waals surface area contributed by atoms with Gasteiger partial charge in [0.1, 0.15) is 0 Å². The highest BCUT2D eigenvalue weighted by atomic mass is 127. The lowest BCUT2D eigenvalue weighted by Crippen LogP contribution is -1.93. The summed E-state index contributed by atoms with van der Waals surface area (Å²) in [5.74, 6) is 0. The highest BCUT2D eigenvalue weighted by Gasteiger charge is 1.83. The van der Waals surface area contributed by atoms with E-state index in [1.54, 1.807) is 0 Å². The van der Waals surface area contributed by atoms with Crippen molar-refractivity contribution in [2.24, 2.45) is 0 Å². The van der Waals surface area contributed by atoms with E-state index in [4.69, 9.17) is 4.74 Å². The van der Waals surface area contributed by atoms with E-state index in [2.05, 4.69) is 40.8 Å². The van der Waals surface area contributed by atoms with Gasteiger partial charge in [0.2, 0.25) is 0 Å². The molecule has 0 atom stereocenters. The number of hydrogen-bond acceptors (Lipinski definition) is 1. The summed E-state index contributed by atoms with van der Waals surface area (Å²) >= 11 is 2.30. The van der Waals surface area contributed by atoms with Gasteiger partial charge in [-0.3, -0.25) is 0 Å². The van der Waals surface area contributed by atoms with Gasteiger partial charge in [-0.05, 0) is 5.56 Å². The number of benzene rings is 1. The van der Waals surface area contributed by atoms with Crippen LogP contribution in [0.4, 0.5) is 0 Å². The third-order valence-corrected chi connectivity index (χ3v) is 1.99. The quantitative estimate of drug-likeness (QED) is 0.459. The van der Waals surface area contributed by atoms with Crippen LogP contribution in [-0.2, 0) is 4.74 Å². The summed E-state index contributed by atoms with van der Waals surface area (Å²) in [5, 5.41) is 0. The molecule has 0 fully saturated rings. The molecule has 0 aromatic heterocycles. The monoisotopic (exact) mass is 288 g/mol. The number of alkyl halides is 1.